The molecule has 0 bridgehead atoms. The van der Waals surface area contributed by atoms with Crippen LogP contribution in [0.3, 0.4) is 0 Å². The van der Waals surface area contributed by atoms with Gasteiger partial charge in [0.25, 0.3) is 5.89 Å². The summed E-state index contributed by atoms with van der Waals surface area (Å²) in [4.78, 5) is 19.1. The number of hydrogen-bond donors (Lipinski definition) is 0. The van der Waals surface area contributed by atoms with Crippen LogP contribution in [0.1, 0.15) is 35.0 Å². The lowest BCUT2D eigenvalue weighted by molar-refractivity contribution is -0.131. The van der Waals surface area contributed by atoms with E-state index in [0.29, 0.717) is 23.1 Å². The van der Waals surface area contributed by atoms with Gasteiger partial charge in [0.2, 0.25) is 5.91 Å². The van der Waals surface area contributed by atoms with Crippen LogP contribution in [0.4, 0.5) is 0 Å². The fraction of sp³-hybridized carbons (Fsp3) is 0.300. The Labute approximate surface area is 146 Å². The van der Waals surface area contributed by atoms with Gasteiger partial charge >= 0.3 is 0 Å². The summed E-state index contributed by atoms with van der Waals surface area (Å²) in [6.07, 6.45) is 3.79. The number of nitrogens with zero attached hydrogens (tertiary/aromatic N) is 2. The normalized spacial score (nSPS) is 16.0. The minimum absolute atomic E-state index is 0.0455. The Kier molecular flexibility index (Phi) is 3.92. The van der Waals surface area contributed by atoms with Crippen LogP contribution < -0.4 is 0 Å². The molecule has 0 N–H and O–H groups in total. The van der Waals surface area contributed by atoms with Crippen molar-refractivity contribution in [2.24, 2.45) is 0 Å². The van der Waals surface area contributed by atoms with Gasteiger partial charge in [0.15, 0.2) is 5.76 Å². The van der Waals surface area contributed by atoms with Gasteiger partial charge in [-0.15, -0.1) is 0 Å². The predicted octanol–water partition coefficient (Wildman–Crippen LogP) is 3.93. The first-order valence-corrected chi connectivity index (χ1v) is 8.47. The van der Waals surface area contributed by atoms with Crippen LogP contribution in [0.5, 0.6) is 0 Å². The Morgan fingerprint density at radius 2 is 2.12 bits per heavy atom. The first-order chi connectivity index (χ1) is 12.1. The number of rotatable bonds is 4. The second-order valence-corrected chi connectivity index (χ2v) is 6.43. The van der Waals surface area contributed by atoms with Gasteiger partial charge in [-0.2, -0.15) is 0 Å². The third-order valence-electron chi connectivity index (χ3n) is 4.91. The molecule has 1 amide bonds. The number of carbonyl (C=O) groups excluding carboxylic acids is 1. The number of benzene rings is 1. The Bertz CT molecular complexity index is 896. The number of hydrogen-bond acceptors (Lipinski definition) is 4. The second-order valence-electron chi connectivity index (χ2n) is 6.43. The number of aryl methyl sites for hydroxylation is 2. The van der Waals surface area contributed by atoms with Crippen LogP contribution in [0, 0.1) is 6.92 Å². The highest BCUT2D eigenvalue weighted by Crippen LogP contribution is 2.35. The molecule has 4 rings (SSSR count). The van der Waals surface area contributed by atoms with E-state index in [2.05, 4.69) is 23.2 Å². The molecular weight excluding hydrogens is 316 g/mol. The lowest BCUT2D eigenvalue weighted by Gasteiger charge is -2.25. The van der Waals surface area contributed by atoms with Crippen LogP contribution in [0.15, 0.2) is 51.5 Å². The van der Waals surface area contributed by atoms with Gasteiger partial charge in [0.1, 0.15) is 5.76 Å². The number of aromatic nitrogens is 1. The smallest absolute Gasteiger partial charge is 0.263 e. The van der Waals surface area contributed by atoms with Gasteiger partial charge < -0.3 is 13.7 Å². The van der Waals surface area contributed by atoms with E-state index in [-0.39, 0.29) is 18.4 Å². The summed E-state index contributed by atoms with van der Waals surface area (Å²) in [6.45, 7) is 1.83. The molecule has 25 heavy (non-hydrogen) atoms. The van der Waals surface area contributed by atoms with Gasteiger partial charge in [0, 0.05) is 7.05 Å². The van der Waals surface area contributed by atoms with Crippen LogP contribution in [-0.2, 0) is 17.6 Å². The molecule has 5 heteroatoms. The van der Waals surface area contributed by atoms with Gasteiger partial charge in [-0.3, -0.25) is 4.79 Å². The van der Waals surface area contributed by atoms with Gasteiger partial charge in [-0.05, 0) is 43.0 Å². The zero-order valence-electron chi connectivity index (χ0n) is 14.4. The van der Waals surface area contributed by atoms with E-state index in [1.807, 2.05) is 24.9 Å². The van der Waals surface area contributed by atoms with Gasteiger partial charge in [-0.25, -0.2) is 4.98 Å². The highest BCUT2D eigenvalue weighted by atomic mass is 16.4. The number of carbonyl (C=O) groups is 1. The molecule has 1 aliphatic carbocycles. The van der Waals surface area contributed by atoms with E-state index in [1.165, 1.54) is 11.1 Å². The average molecular weight is 336 g/mol. The van der Waals surface area contributed by atoms with E-state index in [9.17, 15) is 4.79 Å². The molecule has 3 aromatic rings. The van der Waals surface area contributed by atoms with E-state index in [1.54, 1.807) is 18.4 Å². The molecule has 1 atom stereocenters. The maximum absolute atomic E-state index is 12.8. The van der Waals surface area contributed by atoms with Crippen molar-refractivity contribution in [3.63, 3.8) is 0 Å². The van der Waals surface area contributed by atoms with Crippen molar-refractivity contribution < 1.29 is 13.6 Å². The minimum Gasteiger partial charge on any atom is -0.459 e. The Morgan fingerprint density at radius 3 is 2.92 bits per heavy atom. The summed E-state index contributed by atoms with van der Waals surface area (Å²) in [7, 11) is 1.87. The Morgan fingerprint density at radius 1 is 1.28 bits per heavy atom. The molecule has 2 heterocycles. The van der Waals surface area contributed by atoms with Crippen molar-refractivity contribution in [2.75, 3.05) is 7.05 Å². The fourth-order valence-corrected chi connectivity index (χ4v) is 3.48. The van der Waals surface area contributed by atoms with Gasteiger partial charge in [0.05, 0.1) is 24.4 Å². The van der Waals surface area contributed by atoms with Crippen molar-refractivity contribution in [2.45, 2.75) is 32.2 Å². The molecule has 0 unspecified atom stereocenters. The highest BCUT2D eigenvalue weighted by Gasteiger charge is 2.29. The molecule has 0 fully saturated rings. The standard InChI is InChI=1S/C20H20N2O3/c1-13-16(21-20(25-13)18-8-5-11-24-18)12-19(23)22(2)17-10-9-14-6-3-4-7-15(14)17/h3-8,11,17H,9-10,12H2,1-2H3/t17-/m1/s1. The quantitative estimate of drug-likeness (QED) is 0.724. The zero-order valence-corrected chi connectivity index (χ0v) is 14.4. The summed E-state index contributed by atoms with van der Waals surface area (Å²) in [5.74, 6) is 1.68. The van der Waals surface area contributed by atoms with Crippen molar-refractivity contribution >= 4 is 5.91 Å². The van der Waals surface area contributed by atoms with E-state index in [4.69, 9.17) is 8.83 Å². The van der Waals surface area contributed by atoms with Crippen molar-refractivity contribution in [3.05, 3.63) is 65.2 Å². The van der Waals surface area contributed by atoms with E-state index >= 15 is 0 Å². The number of furan rings is 1. The molecule has 0 saturated heterocycles. The average Bonchev–Trinajstić information content (AvgIpc) is 3.34. The molecule has 0 spiro atoms. The summed E-state index contributed by atoms with van der Waals surface area (Å²) in [6, 6.07) is 12.1. The first kappa shape index (κ1) is 15.7. The van der Waals surface area contributed by atoms with Gasteiger partial charge in [-0.1, -0.05) is 24.3 Å². The Hall–Kier alpha value is -2.82. The third-order valence-corrected chi connectivity index (χ3v) is 4.91. The molecular formula is C20H20N2O3. The summed E-state index contributed by atoms with van der Waals surface area (Å²) in [5, 5.41) is 0. The molecule has 1 aromatic carbocycles. The van der Waals surface area contributed by atoms with Crippen molar-refractivity contribution in [1.82, 2.24) is 9.88 Å². The molecule has 0 radical (unpaired) electrons. The summed E-state index contributed by atoms with van der Waals surface area (Å²) >= 11 is 0. The number of fused-ring (bicyclic) bond motifs is 1. The molecule has 1 aliphatic rings. The summed E-state index contributed by atoms with van der Waals surface area (Å²) < 4.78 is 11.0. The van der Waals surface area contributed by atoms with E-state index in [0.717, 1.165) is 12.8 Å². The summed E-state index contributed by atoms with van der Waals surface area (Å²) in [5.41, 5.74) is 3.26. The Balaban J connectivity index is 1.51. The SMILES string of the molecule is Cc1oc(-c2ccco2)nc1CC(=O)N(C)[C@@H]1CCc2ccccc21. The maximum Gasteiger partial charge on any atom is 0.263 e. The zero-order chi connectivity index (χ0) is 17.4. The van der Waals surface area contributed by atoms with Crippen molar-refractivity contribution in [1.29, 1.82) is 0 Å². The van der Waals surface area contributed by atoms with Crippen LogP contribution in [-0.4, -0.2) is 22.8 Å². The molecule has 5 nitrogen and oxygen atoms in total. The molecule has 0 saturated carbocycles. The highest BCUT2D eigenvalue weighted by molar-refractivity contribution is 5.79. The topological polar surface area (TPSA) is 59.5 Å². The number of oxazole rings is 1. The monoisotopic (exact) mass is 336 g/mol. The minimum atomic E-state index is 0.0455. The number of amides is 1. The van der Waals surface area contributed by atoms with Crippen LogP contribution >= 0.6 is 0 Å². The van der Waals surface area contributed by atoms with Crippen molar-refractivity contribution in [3.8, 4) is 11.7 Å². The maximum atomic E-state index is 12.8. The first-order valence-electron chi connectivity index (χ1n) is 8.47. The fourth-order valence-electron chi connectivity index (χ4n) is 3.48. The molecule has 2 aromatic heterocycles. The largest absolute Gasteiger partial charge is 0.459 e. The third kappa shape index (κ3) is 2.86. The molecule has 128 valence electrons. The van der Waals surface area contributed by atoms with Crippen LogP contribution in [0.25, 0.3) is 11.7 Å². The number of likely N-dealkylation sites (N-methyl/N-ethyl adjacent to an activating group) is 1. The predicted molar refractivity (Wildman–Crippen MR) is 92.9 cm³/mol. The van der Waals surface area contributed by atoms with Crippen LogP contribution in [0.2, 0.25) is 0 Å². The molecule has 0 aliphatic heterocycles. The van der Waals surface area contributed by atoms with E-state index < -0.39 is 0 Å². The second kappa shape index (κ2) is 6.24. The lowest BCUT2D eigenvalue weighted by Crippen LogP contribution is -2.31. The lowest BCUT2D eigenvalue weighted by atomic mass is 10.1.